The average Bonchev–Trinajstić information content (AvgIpc) is 3.32. The molecule has 0 aliphatic carbocycles. The lowest BCUT2D eigenvalue weighted by atomic mass is 10.1. The van der Waals surface area contributed by atoms with Crippen LogP contribution in [0.25, 0.3) is 17.3 Å². The van der Waals surface area contributed by atoms with Crippen molar-refractivity contribution in [3.05, 3.63) is 71.6 Å². The summed E-state index contributed by atoms with van der Waals surface area (Å²) in [4.78, 5) is 2.04. The van der Waals surface area contributed by atoms with E-state index in [4.69, 9.17) is 9.47 Å². The first-order valence-corrected chi connectivity index (χ1v) is 11.8. The molecule has 2 aliphatic rings. The highest BCUT2D eigenvalue weighted by molar-refractivity contribution is 7.92. The summed E-state index contributed by atoms with van der Waals surface area (Å²) in [5, 5.41) is 9.98. The van der Waals surface area contributed by atoms with Crippen molar-refractivity contribution in [1.29, 1.82) is 0 Å². The van der Waals surface area contributed by atoms with Crippen LogP contribution in [0.1, 0.15) is 5.56 Å². The maximum Gasteiger partial charge on any atom is 0.236 e. The molecule has 3 aromatic rings. The fraction of sp³-hybridized carbons (Fsp3) is 0.217. The molecule has 1 aromatic heterocycles. The summed E-state index contributed by atoms with van der Waals surface area (Å²) in [7, 11) is -3.47. The van der Waals surface area contributed by atoms with Gasteiger partial charge >= 0.3 is 0 Å². The van der Waals surface area contributed by atoms with Gasteiger partial charge in [-0.1, -0.05) is 30.3 Å². The number of piperazine rings is 1. The molecule has 2 aliphatic heterocycles. The molecule has 0 unspecified atom stereocenters. The molecule has 9 heteroatoms. The van der Waals surface area contributed by atoms with Gasteiger partial charge in [0.1, 0.15) is 0 Å². The van der Waals surface area contributed by atoms with E-state index in [0.717, 1.165) is 28.4 Å². The van der Waals surface area contributed by atoms with Gasteiger partial charge in [-0.2, -0.15) is 4.31 Å². The zero-order valence-corrected chi connectivity index (χ0v) is 18.1. The number of sulfonamides is 1. The third-order valence-corrected chi connectivity index (χ3v) is 7.04. The molecule has 8 nitrogen and oxygen atoms in total. The fourth-order valence-corrected chi connectivity index (χ4v) is 4.86. The Bertz CT molecular complexity index is 1220. The second kappa shape index (κ2) is 8.60. The maximum atomic E-state index is 12.7. The molecule has 1 saturated heterocycles. The number of ether oxygens (including phenoxy) is 2. The minimum atomic E-state index is -3.47. The number of hydrogen-bond donors (Lipinski definition) is 0. The van der Waals surface area contributed by atoms with Crippen molar-refractivity contribution in [1.82, 2.24) is 14.5 Å². The zero-order valence-electron chi connectivity index (χ0n) is 17.3. The number of nitrogens with zero attached hydrogens (tertiary/aromatic N) is 4. The molecule has 0 amide bonds. The Hall–Kier alpha value is -3.43. The predicted molar refractivity (Wildman–Crippen MR) is 122 cm³/mol. The van der Waals surface area contributed by atoms with Gasteiger partial charge in [-0.15, -0.1) is 10.2 Å². The van der Waals surface area contributed by atoms with E-state index >= 15 is 0 Å². The Morgan fingerprint density at radius 2 is 1.62 bits per heavy atom. The number of aromatic nitrogens is 2. The number of hydrogen-bond acceptors (Lipinski definition) is 7. The van der Waals surface area contributed by atoms with Gasteiger partial charge in [-0.25, -0.2) is 8.42 Å². The first-order chi connectivity index (χ1) is 15.6. The number of fused-ring (bicyclic) bond motifs is 1. The first kappa shape index (κ1) is 20.5. The van der Waals surface area contributed by atoms with Crippen LogP contribution in [-0.2, 0) is 10.0 Å². The van der Waals surface area contributed by atoms with Crippen LogP contribution in [0, 0.1) is 0 Å². The topological polar surface area (TPSA) is 84.9 Å². The molecule has 0 saturated carbocycles. The largest absolute Gasteiger partial charge is 0.454 e. The lowest BCUT2D eigenvalue weighted by Crippen LogP contribution is -2.48. The van der Waals surface area contributed by atoms with E-state index in [9.17, 15) is 8.42 Å². The summed E-state index contributed by atoms with van der Waals surface area (Å²) in [6.07, 6.45) is 1.63. The van der Waals surface area contributed by atoms with Crippen molar-refractivity contribution in [2.45, 2.75) is 0 Å². The normalized spacial score (nSPS) is 16.6. The zero-order chi connectivity index (χ0) is 22.0. The second-order valence-corrected chi connectivity index (χ2v) is 9.31. The van der Waals surface area contributed by atoms with Crippen LogP contribution in [0.5, 0.6) is 11.5 Å². The van der Waals surface area contributed by atoms with E-state index in [1.807, 2.05) is 65.6 Å². The van der Waals surface area contributed by atoms with Crippen molar-refractivity contribution in [3.8, 4) is 22.8 Å². The van der Waals surface area contributed by atoms with E-state index in [-0.39, 0.29) is 6.79 Å². The lowest BCUT2D eigenvalue weighted by molar-refractivity contribution is 0.174. The predicted octanol–water partition coefficient (Wildman–Crippen LogP) is 3.00. The molecule has 0 spiro atoms. The number of benzene rings is 2. The van der Waals surface area contributed by atoms with Gasteiger partial charge < -0.3 is 14.4 Å². The number of rotatable bonds is 5. The fourth-order valence-electron chi connectivity index (χ4n) is 3.69. The Balaban J connectivity index is 1.22. The summed E-state index contributed by atoms with van der Waals surface area (Å²) >= 11 is 0. The van der Waals surface area contributed by atoms with Gasteiger partial charge in [-0.05, 0) is 42.0 Å². The van der Waals surface area contributed by atoms with Crippen molar-refractivity contribution in [3.63, 3.8) is 0 Å². The van der Waals surface area contributed by atoms with E-state index in [0.29, 0.717) is 31.9 Å². The molecule has 32 heavy (non-hydrogen) atoms. The van der Waals surface area contributed by atoms with Gasteiger partial charge in [0, 0.05) is 37.2 Å². The molecule has 164 valence electrons. The standard InChI is InChI=1S/C23H22N4O4S/c28-32(29,15-10-18-4-2-1-3-5-18)27-13-11-26(12-14-27)23-9-7-20(24-25-23)19-6-8-21-22(16-19)31-17-30-21/h1-10,15-16H,11-14,17H2/b15-10-. The molecule has 0 atom stereocenters. The smallest absolute Gasteiger partial charge is 0.236 e. The van der Waals surface area contributed by atoms with Gasteiger partial charge in [0.2, 0.25) is 16.8 Å². The molecule has 2 aromatic carbocycles. The monoisotopic (exact) mass is 450 g/mol. The maximum absolute atomic E-state index is 12.7. The second-order valence-electron chi connectivity index (χ2n) is 7.49. The van der Waals surface area contributed by atoms with Crippen molar-refractivity contribution >= 4 is 21.9 Å². The van der Waals surface area contributed by atoms with Crippen molar-refractivity contribution < 1.29 is 17.9 Å². The molecular formula is C23H22N4O4S. The van der Waals surface area contributed by atoms with Crippen LogP contribution in [0.2, 0.25) is 0 Å². The molecular weight excluding hydrogens is 428 g/mol. The highest BCUT2D eigenvalue weighted by Crippen LogP contribution is 2.35. The molecule has 0 radical (unpaired) electrons. The molecule has 1 fully saturated rings. The van der Waals surface area contributed by atoms with E-state index in [1.54, 1.807) is 6.08 Å². The SMILES string of the molecule is O=S(=O)(/C=C\c1ccccc1)N1CCN(c2ccc(-c3ccc4c(c3)OCO4)nn2)CC1. The molecule has 5 rings (SSSR count). The third-order valence-electron chi connectivity index (χ3n) is 5.47. The van der Waals surface area contributed by atoms with E-state index in [1.165, 1.54) is 9.71 Å². The van der Waals surface area contributed by atoms with Gasteiger partial charge in [0.25, 0.3) is 0 Å². The third kappa shape index (κ3) is 4.30. The average molecular weight is 451 g/mol. The van der Waals surface area contributed by atoms with Crippen molar-refractivity contribution in [2.24, 2.45) is 0 Å². The number of anilines is 1. The lowest BCUT2D eigenvalue weighted by Gasteiger charge is -2.33. The Morgan fingerprint density at radius 3 is 2.38 bits per heavy atom. The minimum Gasteiger partial charge on any atom is -0.454 e. The summed E-state index contributed by atoms with van der Waals surface area (Å²) in [5.41, 5.74) is 2.49. The summed E-state index contributed by atoms with van der Waals surface area (Å²) in [5.74, 6) is 2.16. The quantitative estimate of drug-likeness (QED) is 0.591. The van der Waals surface area contributed by atoms with Crippen LogP contribution in [0.15, 0.2) is 66.1 Å². The highest BCUT2D eigenvalue weighted by Gasteiger charge is 2.26. The van der Waals surface area contributed by atoms with Gasteiger partial charge in [0.15, 0.2) is 17.3 Å². The highest BCUT2D eigenvalue weighted by atomic mass is 32.2. The molecule has 3 heterocycles. The van der Waals surface area contributed by atoms with Crippen LogP contribution in [-0.4, -0.2) is 55.9 Å². The van der Waals surface area contributed by atoms with Crippen molar-refractivity contribution in [2.75, 3.05) is 37.9 Å². The van der Waals surface area contributed by atoms with Gasteiger partial charge in [0.05, 0.1) is 5.69 Å². The summed E-state index contributed by atoms with van der Waals surface area (Å²) in [6, 6.07) is 18.9. The van der Waals surface area contributed by atoms with Crippen LogP contribution >= 0.6 is 0 Å². The Kier molecular flexibility index (Phi) is 5.50. The summed E-state index contributed by atoms with van der Waals surface area (Å²) in [6.45, 7) is 2.13. The van der Waals surface area contributed by atoms with Crippen LogP contribution < -0.4 is 14.4 Å². The summed E-state index contributed by atoms with van der Waals surface area (Å²) < 4.78 is 37.6. The minimum absolute atomic E-state index is 0.229. The Labute approximate surface area is 186 Å². The molecule has 0 N–H and O–H groups in total. The first-order valence-electron chi connectivity index (χ1n) is 10.3. The van der Waals surface area contributed by atoms with Gasteiger partial charge in [-0.3, -0.25) is 0 Å². The van der Waals surface area contributed by atoms with E-state index in [2.05, 4.69) is 10.2 Å². The molecule has 0 bridgehead atoms. The van der Waals surface area contributed by atoms with Crippen LogP contribution in [0.3, 0.4) is 0 Å². The van der Waals surface area contributed by atoms with E-state index < -0.39 is 10.0 Å². The Morgan fingerprint density at radius 1 is 0.844 bits per heavy atom. The van der Waals surface area contributed by atoms with Crippen LogP contribution in [0.4, 0.5) is 5.82 Å².